The molecule has 0 saturated carbocycles. The van der Waals surface area contributed by atoms with E-state index in [-0.39, 0.29) is 37.7 Å². The molecule has 1 heterocycles. The van der Waals surface area contributed by atoms with Gasteiger partial charge in [0.05, 0.1) is 6.61 Å². The summed E-state index contributed by atoms with van der Waals surface area (Å²) in [5.41, 5.74) is 0. The molecule has 0 bridgehead atoms. The van der Waals surface area contributed by atoms with E-state index < -0.39 is 44.1 Å². The molecule has 9 nitrogen and oxygen atoms in total. The van der Waals surface area contributed by atoms with Gasteiger partial charge in [-0.05, 0) is 5.76 Å². The molecule has 0 spiro atoms. The number of hydrogen-bond donors (Lipinski definition) is 3. The SMILES string of the molecule is O=C1O[C@H]([C@@H](O)CO)C([O-])=C1OP(=O)([O-])O.[Li+].[Li+]. The predicted molar refractivity (Wildman–Crippen MR) is 40.9 cm³/mol. The van der Waals surface area contributed by atoms with Crippen LogP contribution in [0.3, 0.4) is 0 Å². The zero-order valence-electron chi connectivity index (χ0n) is 9.60. The summed E-state index contributed by atoms with van der Waals surface area (Å²) in [4.78, 5) is 29.5. The van der Waals surface area contributed by atoms with Crippen molar-refractivity contribution in [2.24, 2.45) is 0 Å². The smallest absolute Gasteiger partial charge is 0.870 e. The number of phosphoric ester groups is 1. The molecule has 1 aliphatic heterocycles. The van der Waals surface area contributed by atoms with Gasteiger partial charge in [0.1, 0.15) is 12.2 Å². The molecule has 0 saturated heterocycles. The third-order valence-corrected chi connectivity index (χ3v) is 2.06. The van der Waals surface area contributed by atoms with Gasteiger partial charge >= 0.3 is 51.5 Å². The summed E-state index contributed by atoms with van der Waals surface area (Å²) in [6.07, 6.45) is -3.43. The molecule has 18 heavy (non-hydrogen) atoms. The minimum atomic E-state index is -5.31. The number of hydrogen-bond acceptors (Lipinski definition) is 8. The zero-order chi connectivity index (χ0) is 12.5. The maximum atomic E-state index is 11.2. The predicted octanol–water partition coefficient (Wildman–Crippen LogP) is -9.68. The first-order valence-electron chi connectivity index (χ1n) is 3.90. The van der Waals surface area contributed by atoms with Crippen LogP contribution in [0.1, 0.15) is 0 Å². The van der Waals surface area contributed by atoms with Crippen molar-refractivity contribution in [1.29, 1.82) is 0 Å². The Morgan fingerprint density at radius 2 is 2.00 bits per heavy atom. The van der Waals surface area contributed by atoms with Crippen molar-refractivity contribution >= 4 is 13.8 Å². The van der Waals surface area contributed by atoms with Crippen molar-refractivity contribution in [1.82, 2.24) is 0 Å². The van der Waals surface area contributed by atoms with Crippen LogP contribution in [0, 0.1) is 0 Å². The van der Waals surface area contributed by atoms with E-state index in [2.05, 4.69) is 9.26 Å². The number of aliphatic hydroxyl groups excluding tert-OH is 2. The van der Waals surface area contributed by atoms with Crippen LogP contribution in [0.2, 0.25) is 0 Å². The molecular weight excluding hydrogens is 261 g/mol. The first kappa shape index (κ1) is 20.4. The van der Waals surface area contributed by atoms with E-state index >= 15 is 0 Å². The maximum Gasteiger partial charge on any atom is 1.00 e. The van der Waals surface area contributed by atoms with Crippen molar-refractivity contribution in [3.63, 3.8) is 0 Å². The average Bonchev–Trinajstić information content (AvgIpc) is 2.42. The van der Waals surface area contributed by atoms with Gasteiger partial charge in [0.2, 0.25) is 5.76 Å². The summed E-state index contributed by atoms with van der Waals surface area (Å²) in [6, 6.07) is 0. The largest absolute Gasteiger partial charge is 1.00 e. The third kappa shape index (κ3) is 4.98. The normalized spacial score (nSPS) is 23.3. The van der Waals surface area contributed by atoms with E-state index in [9.17, 15) is 19.4 Å². The summed E-state index contributed by atoms with van der Waals surface area (Å²) in [6.45, 7) is -0.870. The molecule has 0 radical (unpaired) electrons. The number of esters is 1. The van der Waals surface area contributed by atoms with Crippen LogP contribution in [0.5, 0.6) is 0 Å². The molecule has 1 rings (SSSR count). The molecule has 3 atom stereocenters. The van der Waals surface area contributed by atoms with Crippen LogP contribution in [-0.4, -0.2) is 39.9 Å². The molecule has 0 aromatic heterocycles. The molecular formula is C6H7Li2O9P. The number of aliphatic hydroxyl groups is 2. The van der Waals surface area contributed by atoms with Gasteiger partial charge in [-0.2, -0.15) is 0 Å². The van der Waals surface area contributed by atoms with Crippen LogP contribution in [0.15, 0.2) is 11.5 Å². The van der Waals surface area contributed by atoms with E-state index in [0.717, 1.165) is 0 Å². The molecule has 1 unspecified atom stereocenters. The Morgan fingerprint density at radius 3 is 2.39 bits per heavy atom. The average molecular weight is 268 g/mol. The number of carbonyl (C=O) groups excluding carboxylic acids is 1. The van der Waals surface area contributed by atoms with E-state index in [1.165, 1.54) is 0 Å². The van der Waals surface area contributed by atoms with Gasteiger partial charge in [0, 0.05) is 0 Å². The first-order valence-corrected chi connectivity index (χ1v) is 5.40. The van der Waals surface area contributed by atoms with Crippen molar-refractivity contribution in [2.75, 3.05) is 6.61 Å². The van der Waals surface area contributed by atoms with Gasteiger partial charge < -0.3 is 34.4 Å². The fraction of sp³-hybridized carbons (Fsp3) is 0.500. The number of carbonyl (C=O) groups is 1. The Morgan fingerprint density at radius 1 is 1.50 bits per heavy atom. The van der Waals surface area contributed by atoms with Crippen molar-refractivity contribution < 1.29 is 81.4 Å². The molecule has 0 aromatic rings. The van der Waals surface area contributed by atoms with E-state index in [1.54, 1.807) is 0 Å². The van der Waals surface area contributed by atoms with Crippen LogP contribution >= 0.6 is 7.82 Å². The van der Waals surface area contributed by atoms with Gasteiger partial charge in [0.25, 0.3) is 0 Å². The molecule has 12 heteroatoms. The fourth-order valence-corrected chi connectivity index (χ4v) is 1.39. The van der Waals surface area contributed by atoms with Gasteiger partial charge in [0.15, 0.2) is 0 Å². The summed E-state index contributed by atoms with van der Waals surface area (Å²) < 4.78 is 18.2. The van der Waals surface area contributed by atoms with Gasteiger partial charge in [-0.3, -0.25) is 4.57 Å². The second kappa shape index (κ2) is 7.61. The van der Waals surface area contributed by atoms with E-state index in [0.29, 0.717) is 0 Å². The summed E-state index contributed by atoms with van der Waals surface area (Å²) in [7, 11) is -5.31. The molecule has 1 aliphatic rings. The van der Waals surface area contributed by atoms with Crippen LogP contribution in [0.25, 0.3) is 0 Å². The van der Waals surface area contributed by atoms with E-state index in [4.69, 9.17) is 15.1 Å². The van der Waals surface area contributed by atoms with Crippen molar-refractivity contribution in [3.05, 3.63) is 11.5 Å². The fourth-order valence-electron chi connectivity index (χ4n) is 0.999. The molecule has 0 fully saturated rings. The minimum absolute atomic E-state index is 0. The Labute approximate surface area is 125 Å². The number of cyclic esters (lactones) is 1. The standard InChI is InChI=1S/C6H9O9P.2Li/c7-1-2(8)4-3(9)5(6(10)14-4)15-16(11,12)13;;/h2,4,7-9H,1H2,(H2,11,12,13);;/q;2*+1/p-2/t2-,4+;;/m0../s1. The van der Waals surface area contributed by atoms with Gasteiger partial charge in [-0.1, -0.05) is 0 Å². The summed E-state index contributed by atoms with van der Waals surface area (Å²) >= 11 is 0. The first-order chi connectivity index (χ1) is 7.26. The van der Waals surface area contributed by atoms with Crippen molar-refractivity contribution in [3.8, 4) is 0 Å². The van der Waals surface area contributed by atoms with Gasteiger partial charge in [-0.15, -0.1) is 0 Å². The Hall–Kier alpha value is 0.0748. The zero-order valence-corrected chi connectivity index (χ0v) is 10.5. The summed E-state index contributed by atoms with van der Waals surface area (Å²) in [5, 5.41) is 28.8. The van der Waals surface area contributed by atoms with Crippen LogP contribution < -0.4 is 47.7 Å². The second-order valence-electron chi connectivity index (χ2n) is 2.83. The topological polar surface area (TPSA) is 159 Å². The number of phosphoric acid groups is 1. The quantitative estimate of drug-likeness (QED) is 0.255. The monoisotopic (exact) mass is 268 g/mol. The van der Waals surface area contributed by atoms with Crippen LogP contribution in [-0.2, 0) is 18.6 Å². The Bertz CT molecular complexity index is 377. The minimum Gasteiger partial charge on any atom is -0.870 e. The Kier molecular flexibility index (Phi) is 8.62. The molecule has 0 amide bonds. The number of ether oxygens (including phenoxy) is 1. The maximum absolute atomic E-state index is 11.2. The Balaban J connectivity index is 0. The van der Waals surface area contributed by atoms with E-state index in [1.807, 2.05) is 0 Å². The molecule has 92 valence electrons. The van der Waals surface area contributed by atoms with Crippen LogP contribution in [0.4, 0.5) is 0 Å². The molecule has 0 aromatic carbocycles. The third-order valence-electron chi connectivity index (χ3n) is 1.64. The summed E-state index contributed by atoms with van der Waals surface area (Å²) in [5.74, 6) is -3.96. The van der Waals surface area contributed by atoms with Gasteiger partial charge in [-0.25, -0.2) is 4.79 Å². The van der Waals surface area contributed by atoms with Crippen molar-refractivity contribution in [2.45, 2.75) is 12.2 Å². The molecule has 3 N–H and O–H groups in total. The number of rotatable bonds is 4. The second-order valence-corrected chi connectivity index (χ2v) is 3.95. The molecule has 0 aliphatic carbocycles.